The Morgan fingerprint density at radius 1 is 1.23 bits per heavy atom. The van der Waals surface area contributed by atoms with Crippen LogP contribution in [0.2, 0.25) is 0 Å². The number of amides is 1. The van der Waals surface area contributed by atoms with E-state index in [-0.39, 0.29) is 11.7 Å². The highest BCUT2D eigenvalue weighted by atomic mass is 32.2. The summed E-state index contributed by atoms with van der Waals surface area (Å²) >= 11 is 0. The maximum absolute atomic E-state index is 12.9. The van der Waals surface area contributed by atoms with Crippen molar-refractivity contribution >= 4 is 16.7 Å². The number of hydrogen-bond donors (Lipinski definition) is 0. The fourth-order valence-electron chi connectivity index (χ4n) is 2.64. The summed E-state index contributed by atoms with van der Waals surface area (Å²) in [6, 6.07) is 6.53. The number of likely N-dealkylation sites (N-methyl/N-ethyl adjacent to an activating group) is 2. The van der Waals surface area contributed by atoms with Crippen molar-refractivity contribution in [3.05, 3.63) is 35.6 Å². The first-order valence-corrected chi connectivity index (χ1v) is 8.98. The van der Waals surface area contributed by atoms with Crippen LogP contribution < -0.4 is 0 Å². The van der Waals surface area contributed by atoms with Gasteiger partial charge in [-0.2, -0.15) is 0 Å². The summed E-state index contributed by atoms with van der Waals surface area (Å²) in [5, 5.41) is 0. The highest BCUT2D eigenvalue weighted by molar-refractivity contribution is 7.85. The first kappa shape index (κ1) is 17.1. The number of halogens is 1. The minimum absolute atomic E-state index is 0.0403. The van der Waals surface area contributed by atoms with Crippen molar-refractivity contribution in [1.29, 1.82) is 0 Å². The van der Waals surface area contributed by atoms with Gasteiger partial charge in [0.15, 0.2) is 0 Å². The average Bonchev–Trinajstić information content (AvgIpc) is 2.50. The van der Waals surface area contributed by atoms with E-state index in [1.54, 1.807) is 24.1 Å². The van der Waals surface area contributed by atoms with Gasteiger partial charge in [-0.05, 0) is 37.6 Å². The molecule has 1 fully saturated rings. The van der Waals surface area contributed by atoms with Gasteiger partial charge < -0.3 is 4.90 Å². The maximum Gasteiger partial charge on any atom is 0.236 e. The predicted octanol–water partition coefficient (Wildman–Crippen LogP) is 1.63. The highest BCUT2D eigenvalue weighted by Crippen LogP contribution is 2.15. The van der Waals surface area contributed by atoms with Crippen molar-refractivity contribution in [2.75, 3.05) is 32.1 Å². The molecule has 1 aromatic rings. The van der Waals surface area contributed by atoms with Gasteiger partial charge in [0, 0.05) is 41.9 Å². The van der Waals surface area contributed by atoms with E-state index in [9.17, 15) is 13.4 Å². The van der Waals surface area contributed by atoms with E-state index in [0.717, 1.165) is 29.9 Å². The van der Waals surface area contributed by atoms with Gasteiger partial charge in [0.25, 0.3) is 0 Å². The lowest BCUT2D eigenvalue weighted by atomic mass is 10.1. The van der Waals surface area contributed by atoms with E-state index in [0.29, 0.717) is 19.1 Å². The van der Waals surface area contributed by atoms with E-state index in [4.69, 9.17) is 0 Å². The molecule has 1 aliphatic heterocycles. The van der Waals surface area contributed by atoms with Gasteiger partial charge in [-0.1, -0.05) is 12.1 Å². The topological polar surface area (TPSA) is 40.6 Å². The smallest absolute Gasteiger partial charge is 0.236 e. The molecular formula is C16H23FN2O2S. The Hall–Kier alpha value is -1.27. The largest absolute Gasteiger partial charge is 0.340 e. The summed E-state index contributed by atoms with van der Waals surface area (Å²) in [6.07, 6.45) is 1.77. The normalized spacial score (nSPS) is 21.8. The molecule has 0 aromatic heterocycles. The van der Waals surface area contributed by atoms with Crippen molar-refractivity contribution in [3.63, 3.8) is 0 Å². The first-order chi connectivity index (χ1) is 10.5. The lowest BCUT2D eigenvalue weighted by Crippen LogP contribution is -2.43. The number of benzene rings is 1. The van der Waals surface area contributed by atoms with Crippen molar-refractivity contribution in [3.8, 4) is 0 Å². The zero-order valence-corrected chi connectivity index (χ0v) is 13.9. The number of hydrogen-bond acceptors (Lipinski definition) is 3. The molecule has 0 atom stereocenters. The number of nitrogens with zero attached hydrogens (tertiary/aromatic N) is 2. The van der Waals surface area contributed by atoms with E-state index in [1.807, 2.05) is 7.05 Å². The van der Waals surface area contributed by atoms with Crippen molar-refractivity contribution in [1.82, 2.24) is 9.80 Å². The van der Waals surface area contributed by atoms with E-state index < -0.39 is 10.8 Å². The van der Waals surface area contributed by atoms with Gasteiger partial charge in [-0.3, -0.25) is 13.9 Å². The zero-order chi connectivity index (χ0) is 16.1. The molecule has 1 aromatic carbocycles. The minimum atomic E-state index is -0.680. The Morgan fingerprint density at radius 2 is 1.82 bits per heavy atom. The third-order valence-electron chi connectivity index (χ3n) is 4.12. The standard InChI is InChI=1S/C16H23FN2O2S/c1-18(15-7-9-22(21)10-8-15)12-16(20)19(2)11-13-3-5-14(17)6-4-13/h3-6,15H,7-12H2,1-2H3. The van der Waals surface area contributed by atoms with Crippen molar-refractivity contribution < 1.29 is 13.4 Å². The molecule has 122 valence electrons. The fourth-order valence-corrected chi connectivity index (χ4v) is 3.91. The zero-order valence-electron chi connectivity index (χ0n) is 13.1. The molecule has 2 rings (SSSR count). The number of carbonyl (C=O) groups excluding carboxylic acids is 1. The Morgan fingerprint density at radius 3 is 2.41 bits per heavy atom. The second kappa shape index (κ2) is 7.83. The van der Waals surface area contributed by atoms with Gasteiger partial charge in [-0.15, -0.1) is 0 Å². The Kier molecular flexibility index (Phi) is 6.08. The van der Waals surface area contributed by atoms with Gasteiger partial charge in [0.2, 0.25) is 5.91 Å². The first-order valence-electron chi connectivity index (χ1n) is 7.49. The van der Waals surface area contributed by atoms with Crippen LogP contribution in [0.25, 0.3) is 0 Å². The summed E-state index contributed by atoms with van der Waals surface area (Å²) < 4.78 is 24.3. The van der Waals surface area contributed by atoms with Crippen LogP contribution in [0.15, 0.2) is 24.3 Å². The van der Waals surface area contributed by atoms with Crippen LogP contribution in [0.5, 0.6) is 0 Å². The van der Waals surface area contributed by atoms with Crippen LogP contribution in [0.3, 0.4) is 0 Å². The monoisotopic (exact) mass is 326 g/mol. The molecule has 1 amide bonds. The predicted molar refractivity (Wildman–Crippen MR) is 86.4 cm³/mol. The molecular weight excluding hydrogens is 303 g/mol. The second-order valence-electron chi connectivity index (χ2n) is 5.87. The van der Waals surface area contributed by atoms with Crippen LogP contribution in [-0.4, -0.2) is 58.1 Å². The molecule has 0 N–H and O–H groups in total. The quantitative estimate of drug-likeness (QED) is 0.826. The van der Waals surface area contributed by atoms with E-state index >= 15 is 0 Å². The lowest BCUT2D eigenvalue weighted by molar-refractivity contribution is -0.131. The van der Waals surface area contributed by atoms with Crippen molar-refractivity contribution in [2.24, 2.45) is 0 Å². The molecule has 0 bridgehead atoms. The number of rotatable bonds is 5. The number of carbonyl (C=O) groups is 1. The SMILES string of the molecule is CN(Cc1ccc(F)cc1)C(=O)CN(C)C1CCS(=O)CC1. The second-order valence-corrected chi connectivity index (χ2v) is 7.57. The average molecular weight is 326 g/mol. The van der Waals surface area contributed by atoms with Gasteiger partial charge in [-0.25, -0.2) is 4.39 Å². The lowest BCUT2D eigenvalue weighted by Gasteiger charge is -2.31. The molecule has 22 heavy (non-hydrogen) atoms. The molecule has 0 radical (unpaired) electrons. The van der Waals surface area contributed by atoms with Crippen LogP contribution in [0, 0.1) is 5.82 Å². The van der Waals surface area contributed by atoms with E-state index in [1.165, 1.54) is 12.1 Å². The summed E-state index contributed by atoms with van der Waals surface area (Å²) in [5.74, 6) is 1.23. The molecule has 1 heterocycles. The summed E-state index contributed by atoms with van der Waals surface area (Å²) in [7, 11) is 3.03. The van der Waals surface area contributed by atoms with Gasteiger partial charge in [0.1, 0.15) is 5.82 Å². The molecule has 1 aliphatic rings. The highest BCUT2D eigenvalue weighted by Gasteiger charge is 2.23. The minimum Gasteiger partial charge on any atom is -0.340 e. The molecule has 1 saturated heterocycles. The molecule has 0 aliphatic carbocycles. The van der Waals surface area contributed by atoms with Crippen LogP contribution >= 0.6 is 0 Å². The molecule has 0 saturated carbocycles. The van der Waals surface area contributed by atoms with Gasteiger partial charge in [0.05, 0.1) is 6.54 Å². The van der Waals surface area contributed by atoms with E-state index in [2.05, 4.69) is 4.90 Å². The fraction of sp³-hybridized carbons (Fsp3) is 0.562. The molecule has 0 unspecified atom stereocenters. The van der Waals surface area contributed by atoms with Crippen molar-refractivity contribution in [2.45, 2.75) is 25.4 Å². The third-order valence-corrected chi connectivity index (χ3v) is 5.51. The van der Waals surface area contributed by atoms with Crippen LogP contribution in [0.4, 0.5) is 4.39 Å². The Bertz CT molecular complexity index is 525. The Balaban J connectivity index is 1.82. The summed E-state index contributed by atoms with van der Waals surface area (Å²) in [5.41, 5.74) is 0.910. The maximum atomic E-state index is 12.9. The third kappa shape index (κ3) is 4.88. The van der Waals surface area contributed by atoms with Crippen LogP contribution in [0.1, 0.15) is 18.4 Å². The van der Waals surface area contributed by atoms with Crippen LogP contribution in [-0.2, 0) is 22.1 Å². The van der Waals surface area contributed by atoms with Gasteiger partial charge >= 0.3 is 0 Å². The molecule has 6 heteroatoms. The summed E-state index contributed by atoms with van der Waals surface area (Å²) in [4.78, 5) is 16.0. The Labute approximate surface area is 133 Å². The summed E-state index contributed by atoms with van der Waals surface area (Å²) in [6.45, 7) is 0.830. The molecule has 0 spiro atoms. The molecule has 4 nitrogen and oxygen atoms in total.